The van der Waals surface area contributed by atoms with Crippen molar-refractivity contribution >= 4 is 18.0 Å². The monoisotopic (exact) mass is 441 g/mol. The van der Waals surface area contributed by atoms with Crippen LogP contribution in [0.3, 0.4) is 0 Å². The van der Waals surface area contributed by atoms with Crippen LogP contribution in [0.5, 0.6) is 11.5 Å². The van der Waals surface area contributed by atoms with E-state index in [9.17, 15) is 14.9 Å². The highest BCUT2D eigenvalue weighted by Gasteiger charge is 2.18. The van der Waals surface area contributed by atoms with E-state index in [0.717, 1.165) is 11.1 Å². The van der Waals surface area contributed by atoms with Crippen LogP contribution in [0.25, 0.3) is 17.2 Å². The van der Waals surface area contributed by atoms with Crippen LogP contribution in [0.15, 0.2) is 84.4 Å². The van der Waals surface area contributed by atoms with Crippen LogP contribution in [-0.2, 0) is 14.3 Å². The lowest BCUT2D eigenvalue weighted by molar-refractivity contribution is -0.141. The van der Waals surface area contributed by atoms with Gasteiger partial charge in [0.25, 0.3) is 0 Å². The van der Waals surface area contributed by atoms with E-state index in [1.807, 2.05) is 48.5 Å². The van der Waals surface area contributed by atoms with Crippen molar-refractivity contribution in [2.75, 3.05) is 6.61 Å². The first-order valence-corrected chi connectivity index (χ1v) is 10.4. The summed E-state index contributed by atoms with van der Waals surface area (Å²) in [7, 11) is 0. The van der Waals surface area contributed by atoms with Crippen LogP contribution >= 0.6 is 0 Å². The molecule has 33 heavy (non-hydrogen) atoms. The summed E-state index contributed by atoms with van der Waals surface area (Å²) < 4.78 is 16.0. The van der Waals surface area contributed by atoms with Crippen molar-refractivity contribution in [3.8, 4) is 28.7 Å². The largest absolute Gasteiger partial charge is 0.479 e. The first kappa shape index (κ1) is 23.3. The Labute approximate surface area is 192 Å². The molecule has 0 saturated carbocycles. The standard InChI is InChI=1S/C27H23NO5/c1-3-31-27(30)23(18-28)16-20-8-7-11-25(17-20)33-26(29)19(2)32-24-14-12-22(13-15-24)21-9-5-4-6-10-21/h4-17,19H,3H2,1-2H3/b23-16+. The molecule has 0 spiro atoms. The molecule has 0 N–H and O–H groups in total. The van der Waals surface area contributed by atoms with Crippen LogP contribution in [-0.4, -0.2) is 24.6 Å². The maximum Gasteiger partial charge on any atom is 0.352 e. The zero-order valence-corrected chi connectivity index (χ0v) is 18.4. The lowest BCUT2D eigenvalue weighted by atomic mass is 10.1. The number of rotatable bonds is 8. The molecular formula is C27H23NO5. The van der Waals surface area contributed by atoms with Gasteiger partial charge in [-0.25, -0.2) is 9.59 Å². The maximum atomic E-state index is 12.5. The van der Waals surface area contributed by atoms with Crippen LogP contribution in [0, 0.1) is 11.3 Å². The third kappa shape index (κ3) is 6.55. The molecule has 0 bridgehead atoms. The second-order valence-electron chi connectivity index (χ2n) is 7.03. The van der Waals surface area contributed by atoms with Crippen molar-refractivity contribution < 1.29 is 23.8 Å². The number of nitrogens with zero attached hydrogens (tertiary/aromatic N) is 1. The molecule has 0 saturated heterocycles. The van der Waals surface area contributed by atoms with Crippen molar-refractivity contribution in [2.24, 2.45) is 0 Å². The molecule has 0 aliphatic rings. The number of carbonyl (C=O) groups excluding carboxylic acids is 2. The molecule has 6 nitrogen and oxygen atoms in total. The second-order valence-corrected chi connectivity index (χ2v) is 7.03. The molecule has 166 valence electrons. The Kier molecular flexibility index (Phi) is 7.98. The highest BCUT2D eigenvalue weighted by molar-refractivity contribution is 5.97. The van der Waals surface area contributed by atoms with Gasteiger partial charge in [0.05, 0.1) is 6.61 Å². The van der Waals surface area contributed by atoms with Crippen LogP contribution in [0.2, 0.25) is 0 Å². The van der Waals surface area contributed by atoms with Crippen molar-refractivity contribution in [1.82, 2.24) is 0 Å². The molecule has 6 heteroatoms. The van der Waals surface area contributed by atoms with Gasteiger partial charge in [-0.2, -0.15) is 5.26 Å². The molecule has 1 unspecified atom stereocenters. The normalized spacial score (nSPS) is 11.7. The van der Waals surface area contributed by atoms with E-state index in [0.29, 0.717) is 11.3 Å². The summed E-state index contributed by atoms with van der Waals surface area (Å²) in [6.07, 6.45) is 0.532. The minimum Gasteiger partial charge on any atom is -0.479 e. The second kappa shape index (κ2) is 11.3. The van der Waals surface area contributed by atoms with Crippen molar-refractivity contribution in [3.63, 3.8) is 0 Å². The van der Waals surface area contributed by atoms with E-state index < -0.39 is 18.0 Å². The number of hydrogen-bond acceptors (Lipinski definition) is 6. The lowest BCUT2D eigenvalue weighted by Gasteiger charge is -2.14. The van der Waals surface area contributed by atoms with E-state index in [2.05, 4.69) is 0 Å². The predicted octanol–water partition coefficient (Wildman–Crippen LogP) is 5.20. The van der Waals surface area contributed by atoms with Gasteiger partial charge in [0, 0.05) is 0 Å². The Morgan fingerprint density at radius 3 is 2.30 bits per heavy atom. The summed E-state index contributed by atoms with van der Waals surface area (Å²) in [5.74, 6) is -0.467. The summed E-state index contributed by atoms with van der Waals surface area (Å²) in [6, 6.07) is 25.7. The molecule has 3 aromatic carbocycles. The summed E-state index contributed by atoms with van der Waals surface area (Å²) in [4.78, 5) is 24.3. The average Bonchev–Trinajstić information content (AvgIpc) is 2.84. The van der Waals surface area contributed by atoms with Crippen LogP contribution < -0.4 is 9.47 Å². The lowest BCUT2D eigenvalue weighted by Crippen LogP contribution is -2.28. The quantitative estimate of drug-likeness (QED) is 0.207. The summed E-state index contributed by atoms with van der Waals surface area (Å²) >= 11 is 0. The molecule has 0 aliphatic heterocycles. The minimum atomic E-state index is -0.846. The van der Waals surface area contributed by atoms with Crippen molar-refractivity contribution in [2.45, 2.75) is 20.0 Å². The first-order chi connectivity index (χ1) is 16.0. The molecule has 0 fully saturated rings. The SMILES string of the molecule is CCOC(=O)/C(C#N)=C/c1cccc(OC(=O)C(C)Oc2ccc(-c3ccccc3)cc2)c1. The molecule has 1 atom stereocenters. The Morgan fingerprint density at radius 1 is 0.939 bits per heavy atom. The van der Waals surface area contributed by atoms with Gasteiger partial charge >= 0.3 is 11.9 Å². The minimum absolute atomic E-state index is 0.143. The van der Waals surface area contributed by atoms with Gasteiger partial charge in [-0.15, -0.1) is 0 Å². The van der Waals surface area contributed by atoms with Crippen LogP contribution in [0.1, 0.15) is 19.4 Å². The maximum absolute atomic E-state index is 12.5. The highest BCUT2D eigenvalue weighted by Crippen LogP contribution is 2.23. The van der Waals surface area contributed by atoms with Crippen LogP contribution in [0.4, 0.5) is 0 Å². The molecule has 0 amide bonds. The van der Waals surface area contributed by atoms with E-state index in [1.54, 1.807) is 50.2 Å². The summed E-state index contributed by atoms with van der Waals surface area (Å²) in [6.45, 7) is 3.43. The number of nitriles is 1. The van der Waals surface area contributed by atoms with Gasteiger partial charge < -0.3 is 14.2 Å². The van der Waals surface area contributed by atoms with Crippen molar-refractivity contribution in [1.29, 1.82) is 5.26 Å². The number of ether oxygens (including phenoxy) is 3. The van der Waals surface area contributed by atoms with Gasteiger partial charge in [0.15, 0.2) is 6.10 Å². The number of esters is 2. The summed E-state index contributed by atoms with van der Waals surface area (Å²) in [5.41, 5.74) is 2.52. The van der Waals surface area contributed by atoms with Crippen molar-refractivity contribution in [3.05, 3.63) is 90.0 Å². The fourth-order valence-corrected chi connectivity index (χ4v) is 2.99. The predicted molar refractivity (Wildman–Crippen MR) is 124 cm³/mol. The molecule has 3 rings (SSSR count). The Bertz CT molecular complexity index is 1180. The fraction of sp³-hybridized carbons (Fsp3) is 0.148. The molecule has 0 aromatic heterocycles. The first-order valence-electron chi connectivity index (χ1n) is 10.4. The third-order valence-electron chi connectivity index (χ3n) is 4.61. The van der Waals surface area contributed by atoms with Gasteiger partial charge in [0.1, 0.15) is 23.1 Å². The highest BCUT2D eigenvalue weighted by atomic mass is 16.6. The molecule has 3 aromatic rings. The Morgan fingerprint density at radius 2 is 1.64 bits per heavy atom. The van der Waals surface area contributed by atoms with E-state index in [-0.39, 0.29) is 17.9 Å². The summed E-state index contributed by atoms with van der Waals surface area (Å²) in [5, 5.41) is 9.17. The number of hydrogen-bond donors (Lipinski definition) is 0. The van der Waals surface area contributed by atoms with Gasteiger partial charge in [0.2, 0.25) is 0 Å². The average molecular weight is 441 g/mol. The van der Waals surface area contributed by atoms with Gasteiger partial charge in [-0.1, -0.05) is 54.6 Å². The topological polar surface area (TPSA) is 85.6 Å². The Balaban J connectivity index is 1.63. The van der Waals surface area contributed by atoms with Gasteiger partial charge in [-0.3, -0.25) is 0 Å². The van der Waals surface area contributed by atoms with E-state index in [4.69, 9.17) is 14.2 Å². The zero-order chi connectivity index (χ0) is 23.6. The van der Waals surface area contributed by atoms with E-state index in [1.165, 1.54) is 6.08 Å². The smallest absolute Gasteiger partial charge is 0.352 e. The molecule has 0 radical (unpaired) electrons. The van der Waals surface area contributed by atoms with Gasteiger partial charge in [-0.05, 0) is 60.9 Å². The Hall–Kier alpha value is -4.37. The molecular weight excluding hydrogens is 418 g/mol. The fourth-order valence-electron chi connectivity index (χ4n) is 2.99. The molecule has 0 heterocycles. The van der Waals surface area contributed by atoms with E-state index >= 15 is 0 Å². The number of carbonyl (C=O) groups is 2. The molecule has 0 aliphatic carbocycles. The zero-order valence-electron chi connectivity index (χ0n) is 18.4. The third-order valence-corrected chi connectivity index (χ3v) is 4.61. The number of benzene rings is 3.